The molecule has 2 aliphatic rings. The Kier molecular flexibility index (Phi) is 8.86. The molecule has 0 saturated heterocycles. The highest BCUT2D eigenvalue weighted by molar-refractivity contribution is 5.84. The number of phenols is 1. The second-order valence-electron chi connectivity index (χ2n) is 14.5. The van der Waals surface area contributed by atoms with Crippen molar-refractivity contribution in [2.45, 2.75) is 85.9 Å². The van der Waals surface area contributed by atoms with Gasteiger partial charge < -0.3 is 20.1 Å². The minimum Gasteiger partial charge on any atom is -0.508 e. The fourth-order valence-electron chi connectivity index (χ4n) is 8.40. The van der Waals surface area contributed by atoms with Gasteiger partial charge in [0.05, 0.1) is 19.1 Å². The molecule has 2 aliphatic carbocycles. The van der Waals surface area contributed by atoms with E-state index in [4.69, 9.17) is 10.5 Å². The first-order valence-corrected chi connectivity index (χ1v) is 16.9. The minimum absolute atomic E-state index is 0.0679. The zero-order valence-electron chi connectivity index (χ0n) is 28.5. The van der Waals surface area contributed by atoms with Crippen molar-refractivity contribution in [2.24, 2.45) is 34.5 Å². The predicted molar refractivity (Wildman–Crippen MR) is 181 cm³/mol. The van der Waals surface area contributed by atoms with E-state index in [0.29, 0.717) is 64.9 Å². The molecule has 3 N–H and O–H groups in total. The van der Waals surface area contributed by atoms with Gasteiger partial charge in [0.25, 0.3) is 0 Å². The molecule has 0 bridgehead atoms. The molecule has 4 aromatic rings. The second kappa shape index (κ2) is 12.8. The van der Waals surface area contributed by atoms with E-state index < -0.39 is 17.5 Å². The molecule has 2 fully saturated rings. The van der Waals surface area contributed by atoms with Crippen molar-refractivity contribution < 1.29 is 19.4 Å². The van der Waals surface area contributed by atoms with Crippen LogP contribution in [0, 0.1) is 34.5 Å². The molecule has 12 nitrogen and oxygen atoms in total. The lowest BCUT2D eigenvalue weighted by molar-refractivity contribution is -0.174. The summed E-state index contributed by atoms with van der Waals surface area (Å²) >= 11 is 0. The summed E-state index contributed by atoms with van der Waals surface area (Å²) in [6.07, 6.45) is 10.0. The molecule has 12 heteroatoms. The number of fused-ring (bicyclic) bond motifs is 2. The average molecular weight is 655 g/mol. The normalized spacial score (nSPS) is 28.1. The Morgan fingerprint density at radius 3 is 2.77 bits per heavy atom. The van der Waals surface area contributed by atoms with Gasteiger partial charge in [-0.2, -0.15) is 0 Å². The lowest BCUT2D eigenvalue weighted by atomic mass is 9.54. The lowest BCUT2D eigenvalue weighted by Gasteiger charge is -2.52. The molecular weight excluding hydrogens is 608 g/mol. The fourth-order valence-corrected chi connectivity index (χ4v) is 8.40. The van der Waals surface area contributed by atoms with E-state index in [1.54, 1.807) is 29.2 Å². The van der Waals surface area contributed by atoms with Gasteiger partial charge in [-0.3, -0.25) is 9.59 Å². The number of hydrogen-bond acceptors (Lipinski definition) is 10. The number of carbonyl (C=O) groups excluding carboxylic acids is 2. The third-order valence-electron chi connectivity index (χ3n) is 11.5. The molecule has 3 heterocycles. The third kappa shape index (κ3) is 5.97. The number of ketones is 1. The molecule has 0 radical (unpaired) electrons. The van der Waals surface area contributed by atoms with E-state index in [9.17, 15) is 14.7 Å². The summed E-state index contributed by atoms with van der Waals surface area (Å²) in [7, 11) is 0. The largest absolute Gasteiger partial charge is 0.508 e. The molecule has 48 heavy (non-hydrogen) atoms. The van der Waals surface area contributed by atoms with Crippen LogP contribution in [0.1, 0.15) is 72.3 Å². The zero-order valence-corrected chi connectivity index (χ0v) is 28.5. The molecule has 0 spiro atoms. The average Bonchev–Trinajstić information content (AvgIpc) is 3.80. The smallest absolute Gasteiger partial charge is 0.328 e. The van der Waals surface area contributed by atoms with Gasteiger partial charge in [-0.25, -0.2) is 19.6 Å². The summed E-state index contributed by atoms with van der Waals surface area (Å²) < 4.78 is 9.64. The summed E-state index contributed by atoms with van der Waals surface area (Å²) in [6, 6.07) is 5.25. The zero-order chi connectivity index (χ0) is 34.4. The summed E-state index contributed by atoms with van der Waals surface area (Å²) in [5.41, 5.74) is 8.02. The number of Topliss-reactive ketones (excluding diaryl/α,β-unsaturated/α-hetero) is 1. The van der Waals surface area contributed by atoms with Crippen molar-refractivity contribution in [3.05, 3.63) is 55.3 Å². The summed E-state index contributed by atoms with van der Waals surface area (Å²) in [5, 5.41) is 19.3. The molecule has 2 saturated carbocycles. The molecule has 0 aliphatic heterocycles. The van der Waals surface area contributed by atoms with Crippen LogP contribution in [0.4, 0.5) is 5.82 Å². The van der Waals surface area contributed by atoms with Gasteiger partial charge in [0.15, 0.2) is 11.5 Å². The molecule has 1 aromatic carbocycles. The van der Waals surface area contributed by atoms with Gasteiger partial charge >= 0.3 is 5.97 Å². The lowest BCUT2D eigenvalue weighted by Crippen LogP contribution is -2.54. The van der Waals surface area contributed by atoms with Crippen LogP contribution in [0.2, 0.25) is 0 Å². The number of nitrogens with zero attached hydrogens (tertiary/aromatic N) is 7. The predicted octanol–water partition coefficient (Wildman–Crippen LogP) is 5.60. The Hall–Kier alpha value is -4.61. The maximum absolute atomic E-state index is 13.6. The van der Waals surface area contributed by atoms with Crippen molar-refractivity contribution >= 4 is 28.7 Å². The highest BCUT2D eigenvalue weighted by Crippen LogP contribution is 2.57. The van der Waals surface area contributed by atoms with Crippen LogP contribution in [-0.2, 0) is 27.4 Å². The monoisotopic (exact) mass is 654 g/mol. The number of ether oxygens (including phenoxy) is 1. The number of aromatic nitrogens is 7. The van der Waals surface area contributed by atoms with Gasteiger partial charge in [0.1, 0.15) is 41.7 Å². The Bertz CT molecular complexity index is 1850. The Morgan fingerprint density at radius 1 is 1.25 bits per heavy atom. The highest BCUT2D eigenvalue weighted by Gasteiger charge is 2.58. The summed E-state index contributed by atoms with van der Waals surface area (Å²) in [5.74, 6) is 0.865. The third-order valence-corrected chi connectivity index (χ3v) is 11.5. The van der Waals surface area contributed by atoms with Crippen molar-refractivity contribution in [2.75, 3.05) is 5.73 Å². The quantitative estimate of drug-likeness (QED) is 0.171. The molecular formula is C36H46N8O4. The summed E-state index contributed by atoms with van der Waals surface area (Å²) in [6.45, 7) is 15.3. The SMILES string of the molecule is C=C[C@@]1(C)CC(C)C2CCC(=O)C2[C@@](C)(C(C)CC)C(OC(=O)Cn2cc(-c3ccc(Cn4cnc5c(N)ncnc54)c(O)c3)nn2)C1. The van der Waals surface area contributed by atoms with E-state index >= 15 is 0 Å². The number of phenolic OH excluding ortho intramolecular Hbond substituents is 1. The van der Waals surface area contributed by atoms with Gasteiger partial charge in [0.2, 0.25) is 0 Å². The van der Waals surface area contributed by atoms with Crippen molar-refractivity contribution in [1.82, 2.24) is 34.5 Å². The highest BCUT2D eigenvalue weighted by atomic mass is 16.5. The van der Waals surface area contributed by atoms with Crippen molar-refractivity contribution in [3.8, 4) is 17.0 Å². The van der Waals surface area contributed by atoms with Gasteiger partial charge in [0, 0.05) is 28.9 Å². The number of nitrogens with two attached hydrogens (primary N) is 1. The minimum atomic E-state index is -0.517. The first-order chi connectivity index (χ1) is 22.9. The first kappa shape index (κ1) is 33.3. The summed E-state index contributed by atoms with van der Waals surface area (Å²) in [4.78, 5) is 39.7. The van der Waals surface area contributed by atoms with Crippen LogP contribution in [0.15, 0.2) is 49.7 Å². The Morgan fingerprint density at radius 2 is 2.04 bits per heavy atom. The number of rotatable bonds is 9. The molecule has 5 unspecified atom stereocenters. The molecule has 7 atom stereocenters. The van der Waals surface area contributed by atoms with E-state index in [-0.39, 0.29) is 35.5 Å². The van der Waals surface area contributed by atoms with Gasteiger partial charge in [-0.15, -0.1) is 11.7 Å². The van der Waals surface area contributed by atoms with Gasteiger partial charge in [-0.1, -0.05) is 64.5 Å². The number of esters is 1. The Labute approximate surface area is 280 Å². The molecule has 6 rings (SSSR count). The van der Waals surface area contributed by atoms with Crippen LogP contribution in [-0.4, -0.2) is 57.5 Å². The van der Waals surface area contributed by atoms with Crippen LogP contribution in [0.25, 0.3) is 22.4 Å². The van der Waals surface area contributed by atoms with Crippen LogP contribution >= 0.6 is 0 Å². The number of hydrogen-bond donors (Lipinski definition) is 2. The van der Waals surface area contributed by atoms with Crippen molar-refractivity contribution in [3.63, 3.8) is 0 Å². The molecule has 0 amide bonds. The number of anilines is 1. The standard InChI is InChI=1S/C36H46N8O4/c1-7-22(4)36(6)29(15-35(5,8-2)14-21(3)25-11-12-27(45)31(25)36)48-30(47)18-44-17-26(41-42-44)23-9-10-24(28(46)13-23)16-43-20-40-32-33(37)38-19-39-34(32)43/h8-10,13,17,19-22,25,29,31,46H,2,7,11-12,14-16,18H2,1,3-6H3,(H2,37,38,39)/t21?,22?,25?,29?,31?,35-,36-/m0/s1. The number of imidazole rings is 1. The topological polar surface area (TPSA) is 164 Å². The number of benzene rings is 1. The number of carbonyl (C=O) groups is 2. The number of nitrogen functional groups attached to an aromatic ring is 1. The van der Waals surface area contributed by atoms with Crippen LogP contribution in [0.5, 0.6) is 5.75 Å². The number of allylic oxidation sites excluding steroid dienone is 1. The Balaban J connectivity index is 1.20. The van der Waals surface area contributed by atoms with E-state index in [1.807, 2.05) is 12.1 Å². The first-order valence-electron chi connectivity index (χ1n) is 16.9. The van der Waals surface area contributed by atoms with E-state index in [2.05, 4.69) is 66.5 Å². The molecule has 3 aromatic heterocycles. The fraction of sp³-hybridized carbons (Fsp3) is 0.528. The van der Waals surface area contributed by atoms with Gasteiger partial charge in [-0.05, 0) is 48.5 Å². The number of aromatic hydroxyl groups is 1. The van der Waals surface area contributed by atoms with Crippen LogP contribution < -0.4 is 5.73 Å². The van der Waals surface area contributed by atoms with Crippen molar-refractivity contribution in [1.29, 1.82) is 0 Å². The van der Waals surface area contributed by atoms with Crippen LogP contribution in [0.3, 0.4) is 0 Å². The molecule has 254 valence electrons. The second-order valence-corrected chi connectivity index (χ2v) is 14.5. The van der Waals surface area contributed by atoms with E-state index in [0.717, 1.165) is 19.3 Å². The maximum Gasteiger partial charge on any atom is 0.328 e. The van der Waals surface area contributed by atoms with E-state index in [1.165, 1.54) is 11.0 Å². The maximum atomic E-state index is 13.6.